The van der Waals surface area contributed by atoms with E-state index in [-0.39, 0.29) is 36.6 Å². The zero-order chi connectivity index (χ0) is 32.3. The van der Waals surface area contributed by atoms with Gasteiger partial charge in [-0.25, -0.2) is 19.7 Å². The van der Waals surface area contributed by atoms with Gasteiger partial charge >= 0.3 is 12.2 Å². The van der Waals surface area contributed by atoms with Gasteiger partial charge in [0.25, 0.3) is 0 Å². The van der Waals surface area contributed by atoms with Crippen LogP contribution in [0.2, 0.25) is 0 Å². The molecule has 2 saturated carbocycles. The van der Waals surface area contributed by atoms with E-state index in [0.29, 0.717) is 34.8 Å². The Hall–Kier alpha value is -5.44. The molecular formula is C32H28F3N9O3. The van der Waals surface area contributed by atoms with Crippen LogP contribution >= 0.6 is 0 Å². The lowest BCUT2D eigenvalue weighted by Gasteiger charge is -2.36. The van der Waals surface area contributed by atoms with Crippen molar-refractivity contribution in [3.8, 4) is 11.3 Å². The van der Waals surface area contributed by atoms with Gasteiger partial charge in [-0.15, -0.1) is 0 Å². The molecule has 0 atom stereocenters. The van der Waals surface area contributed by atoms with Crippen molar-refractivity contribution in [1.29, 1.82) is 0 Å². The number of benzene rings is 1. The molecular weight excluding hydrogens is 615 g/mol. The number of imidazole rings is 1. The van der Waals surface area contributed by atoms with Crippen molar-refractivity contribution in [3.63, 3.8) is 0 Å². The molecule has 47 heavy (non-hydrogen) atoms. The number of alkyl halides is 3. The largest absolute Gasteiger partial charge is 0.401 e. The number of rotatable bonds is 8. The normalized spacial score (nSPS) is 18.7. The van der Waals surface area contributed by atoms with Crippen LogP contribution in [-0.4, -0.2) is 47.4 Å². The molecule has 6 aromatic rings. The number of urea groups is 1. The van der Waals surface area contributed by atoms with Gasteiger partial charge in [-0.2, -0.15) is 13.2 Å². The van der Waals surface area contributed by atoms with Crippen molar-refractivity contribution in [2.45, 2.75) is 56.0 Å². The molecule has 0 bridgehead atoms. The minimum absolute atomic E-state index is 0.0810. The van der Waals surface area contributed by atoms with Crippen LogP contribution in [-0.2, 0) is 16.8 Å². The van der Waals surface area contributed by atoms with Crippen molar-refractivity contribution in [3.05, 3.63) is 84.8 Å². The molecule has 1 aromatic carbocycles. The van der Waals surface area contributed by atoms with Gasteiger partial charge in [0.05, 0.1) is 29.5 Å². The summed E-state index contributed by atoms with van der Waals surface area (Å²) in [5.41, 5.74) is 8.52. The molecule has 15 heteroatoms. The third-order valence-electron chi connectivity index (χ3n) is 9.02. The Morgan fingerprint density at radius 3 is 2.64 bits per heavy atom. The van der Waals surface area contributed by atoms with Gasteiger partial charge in [-0.3, -0.25) is 9.72 Å². The van der Waals surface area contributed by atoms with Crippen LogP contribution in [0, 0.1) is 0 Å². The number of aromatic nitrogens is 6. The van der Waals surface area contributed by atoms with Gasteiger partial charge in [0.2, 0.25) is 0 Å². The van der Waals surface area contributed by atoms with Crippen LogP contribution in [0.5, 0.6) is 0 Å². The van der Waals surface area contributed by atoms with E-state index >= 15 is 0 Å². The number of hydrogen-bond donors (Lipinski definition) is 3. The number of hydrogen-bond acceptors (Lipinski definition) is 8. The minimum atomic E-state index is -4.46. The van der Waals surface area contributed by atoms with Crippen molar-refractivity contribution in [2.24, 2.45) is 0 Å². The van der Waals surface area contributed by atoms with Crippen molar-refractivity contribution < 1.29 is 27.2 Å². The van der Waals surface area contributed by atoms with Crippen LogP contribution in [0.4, 0.5) is 35.3 Å². The van der Waals surface area contributed by atoms with Gasteiger partial charge < -0.3 is 24.9 Å². The van der Waals surface area contributed by atoms with E-state index in [4.69, 9.17) is 15.0 Å². The predicted molar refractivity (Wildman–Crippen MR) is 166 cm³/mol. The Bertz CT molecular complexity index is 2110. The van der Waals surface area contributed by atoms with Crippen LogP contribution in [0.3, 0.4) is 0 Å². The predicted octanol–water partition coefficient (Wildman–Crippen LogP) is 6.47. The average Bonchev–Trinajstić information content (AvgIpc) is 3.33. The number of anilines is 3. The van der Waals surface area contributed by atoms with Crippen molar-refractivity contribution in [1.82, 2.24) is 29.1 Å². The van der Waals surface area contributed by atoms with Crippen molar-refractivity contribution >= 4 is 40.0 Å². The second-order valence-corrected chi connectivity index (χ2v) is 11.9. The Morgan fingerprint density at radius 1 is 1.06 bits per heavy atom. The molecule has 2 fully saturated rings. The first-order valence-electron chi connectivity index (χ1n) is 15.0. The summed E-state index contributed by atoms with van der Waals surface area (Å²) in [6.45, 7) is 0.556. The highest BCUT2D eigenvalue weighted by Gasteiger charge is 2.67. The van der Waals surface area contributed by atoms with Crippen LogP contribution < -0.4 is 16.4 Å². The molecule has 0 aliphatic heterocycles. The van der Waals surface area contributed by atoms with Gasteiger partial charge in [0.15, 0.2) is 17.2 Å². The highest BCUT2D eigenvalue weighted by molar-refractivity contribution is 6.03. The number of amides is 2. The third kappa shape index (κ3) is 5.02. The first-order valence-corrected chi connectivity index (χ1v) is 15.0. The molecule has 2 aliphatic carbocycles. The summed E-state index contributed by atoms with van der Waals surface area (Å²) in [6.07, 6.45) is 3.96. The lowest BCUT2D eigenvalue weighted by Crippen LogP contribution is -2.33. The molecule has 0 saturated heterocycles. The van der Waals surface area contributed by atoms with E-state index in [1.165, 1.54) is 6.33 Å². The van der Waals surface area contributed by atoms with E-state index in [1.54, 1.807) is 18.5 Å². The summed E-state index contributed by atoms with van der Waals surface area (Å²) < 4.78 is 55.4. The molecule has 2 amide bonds. The van der Waals surface area contributed by atoms with E-state index in [9.17, 15) is 18.0 Å². The van der Waals surface area contributed by atoms with Gasteiger partial charge in [0, 0.05) is 36.3 Å². The third-order valence-corrected chi connectivity index (χ3v) is 9.02. The summed E-state index contributed by atoms with van der Waals surface area (Å²) in [7, 11) is 0. The Balaban J connectivity index is 1.02. The Kier molecular flexibility index (Phi) is 6.68. The molecule has 0 spiro atoms. The minimum Gasteiger partial charge on any atom is -0.383 e. The van der Waals surface area contributed by atoms with Crippen LogP contribution in [0.1, 0.15) is 43.0 Å². The summed E-state index contributed by atoms with van der Waals surface area (Å²) in [4.78, 5) is 26.1. The lowest BCUT2D eigenvalue weighted by molar-refractivity contribution is -0.165. The molecule has 2 aliphatic rings. The topological polar surface area (TPSA) is 150 Å². The lowest BCUT2D eigenvalue weighted by atomic mass is 9.89. The first kappa shape index (κ1) is 29.0. The Labute approximate surface area is 264 Å². The maximum Gasteiger partial charge on any atom is 0.401 e. The Morgan fingerprint density at radius 2 is 1.87 bits per heavy atom. The number of nitrogen functional groups attached to an aromatic ring is 1. The standard InChI is InChI=1S/C32H28F3N9O3/c33-32(34,35)31(8-9-31)24-14-25(42-47-24)41-30(45)40-22-6-7-23(43-11-10-37-28(22)43)21-15-44(29-26(21)27(36)38-17-39-29)19-12-20(13-19)46-16-18-4-2-1-3-5-18/h1-7,10-11,14-15,17,19-20H,8-9,12-13,16H2,(H2,36,38,39)(H2,40,41,42,45). The summed E-state index contributed by atoms with van der Waals surface area (Å²) in [5, 5.41) is 9.46. The second kappa shape index (κ2) is 10.8. The van der Waals surface area contributed by atoms with E-state index in [0.717, 1.165) is 35.7 Å². The quantitative estimate of drug-likeness (QED) is 0.171. The monoisotopic (exact) mass is 643 g/mol. The van der Waals surface area contributed by atoms with Crippen LogP contribution in [0.25, 0.3) is 27.9 Å². The fourth-order valence-corrected chi connectivity index (χ4v) is 6.23. The fraction of sp³-hybridized carbons (Fsp3) is 0.281. The highest BCUT2D eigenvalue weighted by atomic mass is 19.4. The smallest absolute Gasteiger partial charge is 0.383 e. The molecule has 0 unspecified atom stereocenters. The zero-order valence-corrected chi connectivity index (χ0v) is 24.7. The molecule has 4 N–H and O–H groups in total. The zero-order valence-electron chi connectivity index (χ0n) is 24.7. The number of carbonyl (C=O) groups excluding carboxylic acids is 1. The summed E-state index contributed by atoms with van der Waals surface area (Å²) >= 11 is 0. The van der Waals surface area contributed by atoms with Crippen LogP contribution in [0.15, 0.2) is 78.0 Å². The number of nitrogens with two attached hydrogens (primary N) is 1. The maximum absolute atomic E-state index is 13.5. The molecule has 12 nitrogen and oxygen atoms in total. The number of halogens is 3. The molecule has 8 rings (SSSR count). The number of nitrogens with zero attached hydrogens (tertiary/aromatic N) is 6. The fourth-order valence-electron chi connectivity index (χ4n) is 6.23. The van der Waals surface area contributed by atoms with E-state index in [1.807, 2.05) is 47.0 Å². The van der Waals surface area contributed by atoms with E-state index < -0.39 is 17.6 Å². The highest BCUT2D eigenvalue weighted by Crippen LogP contribution is 2.59. The average molecular weight is 644 g/mol. The van der Waals surface area contributed by atoms with Gasteiger partial charge in [0.1, 0.15) is 23.2 Å². The number of carbonyl (C=O) groups is 1. The van der Waals surface area contributed by atoms with Gasteiger partial charge in [-0.05, 0) is 43.4 Å². The second-order valence-electron chi connectivity index (χ2n) is 11.9. The summed E-state index contributed by atoms with van der Waals surface area (Å²) in [5.74, 6) is -0.115. The SMILES string of the molecule is Nc1ncnc2c1c(-c1ccc(NC(=O)Nc3cc(C4(C(F)(F)F)CC4)on3)c3nccn13)cn2C1CC(OCc2ccccc2)C1. The molecule has 5 aromatic heterocycles. The summed E-state index contributed by atoms with van der Waals surface area (Å²) in [6, 6.07) is 14.1. The molecule has 5 heterocycles. The van der Waals surface area contributed by atoms with E-state index in [2.05, 4.69) is 35.3 Å². The first-order chi connectivity index (χ1) is 22.7. The van der Waals surface area contributed by atoms with Crippen molar-refractivity contribution in [2.75, 3.05) is 16.4 Å². The molecule has 240 valence electrons. The maximum atomic E-state index is 13.5. The molecule has 0 radical (unpaired) electrons. The van der Waals surface area contributed by atoms with Gasteiger partial charge in [-0.1, -0.05) is 35.5 Å². The number of ether oxygens (including phenoxy) is 1. The number of pyridine rings is 1. The number of fused-ring (bicyclic) bond motifs is 2. The number of nitrogens with one attached hydrogen (secondary N) is 2.